The molecular formula is C12H18N4O4. The van der Waals surface area contributed by atoms with Crippen molar-refractivity contribution >= 4 is 11.9 Å². The Morgan fingerprint density at radius 3 is 2.70 bits per heavy atom. The fourth-order valence-corrected chi connectivity index (χ4v) is 1.81. The van der Waals surface area contributed by atoms with Crippen LogP contribution < -0.4 is 5.32 Å². The van der Waals surface area contributed by atoms with Crippen LogP contribution in [0.5, 0.6) is 0 Å². The van der Waals surface area contributed by atoms with E-state index in [-0.39, 0.29) is 24.2 Å². The van der Waals surface area contributed by atoms with Gasteiger partial charge in [0.15, 0.2) is 5.69 Å². The van der Waals surface area contributed by atoms with Crippen molar-refractivity contribution in [2.45, 2.75) is 38.5 Å². The molecule has 0 saturated heterocycles. The molecule has 0 spiro atoms. The maximum atomic E-state index is 12.0. The molecule has 1 heterocycles. The molecule has 1 saturated carbocycles. The van der Waals surface area contributed by atoms with Crippen LogP contribution in [0.3, 0.4) is 0 Å². The summed E-state index contributed by atoms with van der Waals surface area (Å²) in [4.78, 5) is 23.7. The molecule has 1 amide bonds. The Morgan fingerprint density at radius 2 is 2.15 bits per heavy atom. The average Bonchev–Trinajstić information content (AvgIpc) is 3.16. The van der Waals surface area contributed by atoms with E-state index in [1.165, 1.54) is 18.9 Å². The quantitative estimate of drug-likeness (QED) is 0.741. The highest BCUT2D eigenvalue weighted by atomic mass is 16.5. The number of esters is 1. The lowest BCUT2D eigenvalue weighted by molar-refractivity contribution is -0.124. The summed E-state index contributed by atoms with van der Waals surface area (Å²) in [5, 5.41) is 10.5. The third-order valence-corrected chi connectivity index (χ3v) is 3.12. The summed E-state index contributed by atoms with van der Waals surface area (Å²) in [5.74, 6) is -0.746. The summed E-state index contributed by atoms with van der Waals surface area (Å²) < 4.78 is 11.1. The molecule has 1 unspecified atom stereocenters. The third-order valence-electron chi connectivity index (χ3n) is 3.12. The molecule has 1 N–H and O–H groups in total. The van der Waals surface area contributed by atoms with Crippen molar-refractivity contribution in [2.24, 2.45) is 0 Å². The third kappa shape index (κ3) is 2.96. The van der Waals surface area contributed by atoms with Crippen molar-refractivity contribution in [1.82, 2.24) is 20.3 Å². The second-order valence-corrected chi connectivity index (χ2v) is 4.71. The molecule has 1 aromatic heterocycles. The number of hydrogen-bond donors (Lipinski definition) is 1. The Kier molecular flexibility index (Phi) is 4.33. The van der Waals surface area contributed by atoms with Gasteiger partial charge in [-0.1, -0.05) is 5.21 Å². The maximum absolute atomic E-state index is 12.0. The van der Waals surface area contributed by atoms with E-state index in [2.05, 4.69) is 20.4 Å². The van der Waals surface area contributed by atoms with E-state index in [4.69, 9.17) is 4.74 Å². The van der Waals surface area contributed by atoms with E-state index in [0.29, 0.717) is 5.69 Å². The van der Waals surface area contributed by atoms with Crippen LogP contribution >= 0.6 is 0 Å². The molecule has 1 aromatic rings. The van der Waals surface area contributed by atoms with Gasteiger partial charge >= 0.3 is 5.97 Å². The van der Waals surface area contributed by atoms with Gasteiger partial charge in [-0.15, -0.1) is 5.10 Å². The van der Waals surface area contributed by atoms with Crippen molar-refractivity contribution < 1.29 is 19.1 Å². The van der Waals surface area contributed by atoms with E-state index >= 15 is 0 Å². The topological polar surface area (TPSA) is 95.3 Å². The summed E-state index contributed by atoms with van der Waals surface area (Å²) in [6.45, 7) is 1.82. The van der Waals surface area contributed by atoms with E-state index in [9.17, 15) is 9.59 Å². The molecule has 1 aliphatic rings. The molecule has 1 aliphatic carbocycles. The summed E-state index contributed by atoms with van der Waals surface area (Å²) in [6, 6.07) is -0.300. The summed E-state index contributed by atoms with van der Waals surface area (Å²) >= 11 is 0. The maximum Gasteiger partial charge on any atom is 0.360 e. The predicted octanol–water partition coefficient (Wildman–Crippen LogP) is 0.0507. The van der Waals surface area contributed by atoms with Crippen LogP contribution in [0, 0.1) is 0 Å². The second kappa shape index (κ2) is 6.00. The number of ether oxygens (including phenoxy) is 2. The van der Waals surface area contributed by atoms with Crippen molar-refractivity contribution in [1.29, 1.82) is 0 Å². The minimum Gasteiger partial charge on any atom is -0.464 e. The second-order valence-electron chi connectivity index (χ2n) is 4.71. The minimum atomic E-state index is -0.599. The van der Waals surface area contributed by atoms with E-state index in [1.54, 1.807) is 6.92 Å². The minimum absolute atomic E-state index is 0.0698. The van der Waals surface area contributed by atoms with Gasteiger partial charge < -0.3 is 14.8 Å². The lowest BCUT2D eigenvalue weighted by atomic mass is 10.2. The summed E-state index contributed by atoms with van der Waals surface area (Å²) in [7, 11) is 2.76. The first kappa shape index (κ1) is 14.4. The lowest BCUT2D eigenvalue weighted by Crippen LogP contribution is -2.33. The lowest BCUT2D eigenvalue weighted by Gasteiger charge is -2.14. The smallest absolute Gasteiger partial charge is 0.360 e. The number of aromatic nitrogens is 3. The fourth-order valence-electron chi connectivity index (χ4n) is 1.81. The highest BCUT2D eigenvalue weighted by molar-refractivity contribution is 5.88. The monoisotopic (exact) mass is 282 g/mol. The Hall–Kier alpha value is -1.96. The van der Waals surface area contributed by atoms with Gasteiger partial charge in [0.25, 0.3) is 0 Å². The number of rotatable bonds is 6. The number of hydrogen-bond acceptors (Lipinski definition) is 6. The van der Waals surface area contributed by atoms with E-state index < -0.39 is 12.0 Å². The molecular weight excluding hydrogens is 264 g/mol. The first-order chi connectivity index (χ1) is 9.58. The number of nitrogens with one attached hydrogen (secondary N) is 1. The molecule has 1 atom stereocenters. The molecule has 0 aliphatic heterocycles. The first-order valence-electron chi connectivity index (χ1n) is 6.40. The van der Waals surface area contributed by atoms with Gasteiger partial charge in [-0.25, -0.2) is 9.48 Å². The molecule has 0 bridgehead atoms. The number of carbonyl (C=O) groups excluding carboxylic acids is 2. The van der Waals surface area contributed by atoms with Gasteiger partial charge in [-0.2, -0.15) is 0 Å². The largest absolute Gasteiger partial charge is 0.464 e. The molecule has 0 aromatic carbocycles. The van der Waals surface area contributed by atoms with Crippen LogP contribution in [-0.4, -0.2) is 47.1 Å². The Balaban J connectivity index is 2.22. The van der Waals surface area contributed by atoms with Crippen LogP contribution in [0.25, 0.3) is 0 Å². The summed E-state index contributed by atoms with van der Waals surface area (Å²) in [5.41, 5.74) is 0.498. The van der Waals surface area contributed by atoms with Gasteiger partial charge in [0.05, 0.1) is 13.7 Å². The Bertz CT molecular complexity index is 510. The van der Waals surface area contributed by atoms with Crippen LogP contribution in [0.15, 0.2) is 0 Å². The van der Waals surface area contributed by atoms with Crippen LogP contribution in [0.2, 0.25) is 0 Å². The Morgan fingerprint density at radius 1 is 1.45 bits per heavy atom. The fraction of sp³-hybridized carbons (Fsp3) is 0.667. The van der Waals surface area contributed by atoms with Gasteiger partial charge in [0.1, 0.15) is 11.7 Å². The van der Waals surface area contributed by atoms with Gasteiger partial charge in [-0.05, 0) is 19.8 Å². The van der Waals surface area contributed by atoms with E-state index in [0.717, 1.165) is 12.8 Å². The van der Waals surface area contributed by atoms with Crippen molar-refractivity contribution in [3.05, 3.63) is 11.4 Å². The molecule has 8 nitrogen and oxygen atoms in total. The zero-order valence-electron chi connectivity index (χ0n) is 11.8. The standard InChI is InChI=1S/C12H18N4O4/c1-7(11(17)13-8-4-5-8)16-9(6-19-2)10(14-15-16)12(18)20-3/h7-8H,4-6H2,1-3H3,(H,13,17). The van der Waals surface area contributed by atoms with Crippen molar-refractivity contribution in [2.75, 3.05) is 14.2 Å². The molecule has 0 radical (unpaired) electrons. The number of nitrogens with zero attached hydrogens (tertiary/aromatic N) is 3. The van der Waals surface area contributed by atoms with E-state index in [1.807, 2.05) is 0 Å². The van der Waals surface area contributed by atoms with Crippen LogP contribution in [0.1, 0.15) is 42.0 Å². The highest BCUT2D eigenvalue weighted by Crippen LogP contribution is 2.21. The number of amides is 1. The molecule has 2 rings (SSSR count). The molecule has 110 valence electrons. The zero-order valence-corrected chi connectivity index (χ0v) is 11.8. The first-order valence-corrected chi connectivity index (χ1v) is 6.40. The van der Waals surface area contributed by atoms with Crippen LogP contribution in [-0.2, 0) is 20.9 Å². The highest BCUT2D eigenvalue weighted by Gasteiger charge is 2.29. The average molecular weight is 282 g/mol. The van der Waals surface area contributed by atoms with Gasteiger partial charge in [-0.3, -0.25) is 4.79 Å². The SMILES string of the molecule is COCc1c(C(=O)OC)nnn1C(C)C(=O)NC1CC1. The number of carbonyl (C=O) groups is 2. The van der Waals surface area contributed by atoms with Gasteiger partial charge in [0, 0.05) is 13.2 Å². The number of methoxy groups -OCH3 is 2. The van der Waals surface area contributed by atoms with Gasteiger partial charge in [0.2, 0.25) is 5.91 Å². The molecule has 8 heteroatoms. The zero-order chi connectivity index (χ0) is 14.7. The van der Waals surface area contributed by atoms with Crippen molar-refractivity contribution in [3.8, 4) is 0 Å². The molecule has 20 heavy (non-hydrogen) atoms. The Labute approximate surface area is 116 Å². The van der Waals surface area contributed by atoms with Crippen molar-refractivity contribution in [3.63, 3.8) is 0 Å². The molecule has 1 fully saturated rings. The predicted molar refractivity (Wildman–Crippen MR) is 68.0 cm³/mol. The normalized spacial score (nSPS) is 15.8. The van der Waals surface area contributed by atoms with Crippen LogP contribution in [0.4, 0.5) is 0 Å². The summed E-state index contributed by atoms with van der Waals surface area (Å²) in [6.07, 6.45) is 2.02.